The summed E-state index contributed by atoms with van der Waals surface area (Å²) < 4.78 is 5.21. The zero-order chi connectivity index (χ0) is 21.5. The number of benzene rings is 3. The van der Waals surface area contributed by atoms with Crippen molar-refractivity contribution in [2.24, 2.45) is 0 Å². The van der Waals surface area contributed by atoms with Crippen molar-refractivity contribution in [3.8, 4) is 17.0 Å². The first-order valence-electron chi connectivity index (χ1n) is 10.3. The van der Waals surface area contributed by atoms with Gasteiger partial charge in [-0.3, -0.25) is 9.89 Å². The lowest BCUT2D eigenvalue weighted by molar-refractivity contribution is 0.0739. The van der Waals surface area contributed by atoms with Gasteiger partial charge in [-0.15, -0.1) is 0 Å². The van der Waals surface area contributed by atoms with E-state index in [0.29, 0.717) is 18.8 Å². The number of carbonyl (C=O) groups is 1. The Morgan fingerprint density at radius 3 is 2.19 bits per heavy atom. The van der Waals surface area contributed by atoms with Gasteiger partial charge in [0.15, 0.2) is 0 Å². The predicted molar refractivity (Wildman–Crippen MR) is 122 cm³/mol. The summed E-state index contributed by atoms with van der Waals surface area (Å²) in [4.78, 5) is 15.2. The van der Waals surface area contributed by atoms with Gasteiger partial charge >= 0.3 is 0 Å². The monoisotopic (exact) mass is 411 g/mol. The van der Waals surface area contributed by atoms with E-state index in [9.17, 15) is 4.79 Å². The molecule has 5 heteroatoms. The molecule has 3 aromatic carbocycles. The molecule has 1 amide bonds. The second-order valence-corrected chi connectivity index (χ2v) is 7.34. The molecule has 0 atom stereocenters. The number of nitrogens with zero attached hydrogens (tertiary/aromatic N) is 2. The van der Waals surface area contributed by atoms with Crippen LogP contribution in [0, 0.1) is 0 Å². The Morgan fingerprint density at radius 1 is 0.903 bits per heavy atom. The molecule has 1 N–H and O–H groups in total. The summed E-state index contributed by atoms with van der Waals surface area (Å²) in [5, 5.41) is 7.28. The largest absolute Gasteiger partial charge is 0.497 e. The maximum absolute atomic E-state index is 13.4. The maximum atomic E-state index is 13.4. The van der Waals surface area contributed by atoms with Crippen LogP contribution in [-0.2, 0) is 13.0 Å². The van der Waals surface area contributed by atoms with Crippen LogP contribution in [0.15, 0.2) is 91.0 Å². The Labute approximate surface area is 182 Å². The van der Waals surface area contributed by atoms with Crippen LogP contribution in [0.2, 0.25) is 0 Å². The number of amides is 1. The van der Waals surface area contributed by atoms with Gasteiger partial charge in [0, 0.05) is 18.7 Å². The highest BCUT2D eigenvalue weighted by Gasteiger charge is 2.19. The Balaban J connectivity index is 1.53. The normalized spacial score (nSPS) is 10.6. The third-order valence-electron chi connectivity index (χ3n) is 5.21. The molecule has 0 radical (unpaired) electrons. The van der Waals surface area contributed by atoms with Crippen molar-refractivity contribution in [3.63, 3.8) is 0 Å². The number of hydrogen-bond donors (Lipinski definition) is 1. The fourth-order valence-electron chi connectivity index (χ4n) is 3.48. The number of hydrogen-bond acceptors (Lipinski definition) is 3. The molecule has 0 unspecified atom stereocenters. The topological polar surface area (TPSA) is 58.2 Å². The third-order valence-corrected chi connectivity index (χ3v) is 5.21. The molecule has 0 aliphatic carbocycles. The minimum absolute atomic E-state index is 0.0629. The number of aromatic nitrogens is 2. The first kappa shape index (κ1) is 20.4. The quantitative estimate of drug-likeness (QED) is 0.445. The molecule has 0 aliphatic heterocycles. The lowest BCUT2D eigenvalue weighted by atomic mass is 10.1. The molecule has 0 aliphatic rings. The Kier molecular flexibility index (Phi) is 6.43. The Hall–Kier alpha value is -3.86. The minimum Gasteiger partial charge on any atom is -0.497 e. The lowest BCUT2D eigenvalue weighted by Crippen LogP contribution is -2.32. The summed E-state index contributed by atoms with van der Waals surface area (Å²) in [7, 11) is 1.64. The van der Waals surface area contributed by atoms with E-state index in [4.69, 9.17) is 4.74 Å². The fourth-order valence-corrected chi connectivity index (χ4v) is 3.48. The van der Waals surface area contributed by atoms with E-state index in [0.717, 1.165) is 29.0 Å². The van der Waals surface area contributed by atoms with Crippen molar-refractivity contribution in [2.75, 3.05) is 13.7 Å². The number of nitrogens with one attached hydrogen (secondary N) is 1. The van der Waals surface area contributed by atoms with Crippen LogP contribution in [-0.4, -0.2) is 34.7 Å². The average molecular weight is 412 g/mol. The molecule has 0 saturated carbocycles. The highest BCUT2D eigenvalue weighted by atomic mass is 16.5. The van der Waals surface area contributed by atoms with Gasteiger partial charge in [0.1, 0.15) is 11.4 Å². The van der Waals surface area contributed by atoms with Gasteiger partial charge in [0.25, 0.3) is 5.91 Å². The first-order chi connectivity index (χ1) is 15.2. The number of rotatable bonds is 8. The van der Waals surface area contributed by atoms with E-state index >= 15 is 0 Å². The second-order valence-electron chi connectivity index (χ2n) is 7.34. The second kappa shape index (κ2) is 9.76. The molecule has 5 nitrogen and oxygen atoms in total. The van der Waals surface area contributed by atoms with E-state index in [1.165, 1.54) is 5.56 Å². The maximum Gasteiger partial charge on any atom is 0.272 e. The van der Waals surface area contributed by atoms with Crippen LogP contribution in [0.5, 0.6) is 5.75 Å². The van der Waals surface area contributed by atoms with Crippen LogP contribution in [0.25, 0.3) is 11.3 Å². The van der Waals surface area contributed by atoms with Gasteiger partial charge in [-0.25, -0.2) is 0 Å². The summed E-state index contributed by atoms with van der Waals surface area (Å²) in [6.45, 7) is 1.16. The summed E-state index contributed by atoms with van der Waals surface area (Å²) in [6.07, 6.45) is 0.791. The van der Waals surface area contributed by atoms with Crippen molar-refractivity contribution >= 4 is 5.91 Å². The number of H-pyrrole nitrogens is 1. The minimum atomic E-state index is -0.0629. The standard InChI is InChI=1S/C26H25N3O2/c1-31-23-14-12-22(13-15-23)24-18-25(28-27-24)26(30)29(19-21-10-6-3-7-11-21)17-16-20-8-4-2-5-9-20/h2-15,18H,16-17,19H2,1H3,(H,27,28). The van der Waals surface area contributed by atoms with E-state index < -0.39 is 0 Å². The summed E-state index contributed by atoms with van der Waals surface area (Å²) in [5.41, 5.74) is 4.44. The van der Waals surface area contributed by atoms with Gasteiger partial charge < -0.3 is 9.64 Å². The summed E-state index contributed by atoms with van der Waals surface area (Å²) >= 11 is 0. The average Bonchev–Trinajstić information content (AvgIpc) is 3.33. The molecule has 1 heterocycles. The number of ether oxygens (including phenoxy) is 1. The highest BCUT2D eigenvalue weighted by molar-refractivity contribution is 5.93. The fraction of sp³-hybridized carbons (Fsp3) is 0.154. The molecular formula is C26H25N3O2. The third kappa shape index (κ3) is 5.20. The van der Waals surface area contributed by atoms with E-state index in [1.54, 1.807) is 7.11 Å². The molecule has 0 fully saturated rings. The zero-order valence-electron chi connectivity index (χ0n) is 17.5. The zero-order valence-corrected chi connectivity index (χ0v) is 17.5. The first-order valence-corrected chi connectivity index (χ1v) is 10.3. The molecule has 0 bridgehead atoms. The smallest absolute Gasteiger partial charge is 0.272 e. The number of methoxy groups -OCH3 is 1. The molecule has 4 rings (SSSR count). The Bertz CT molecular complexity index is 1110. The van der Waals surface area contributed by atoms with Gasteiger partial charge in [0.05, 0.1) is 12.8 Å². The molecule has 156 valence electrons. The Morgan fingerprint density at radius 2 is 1.55 bits per heavy atom. The molecular weight excluding hydrogens is 386 g/mol. The van der Waals surface area contributed by atoms with Crippen molar-refractivity contribution in [3.05, 3.63) is 108 Å². The van der Waals surface area contributed by atoms with Crippen LogP contribution in [0.3, 0.4) is 0 Å². The number of aromatic amines is 1. The summed E-state index contributed by atoms with van der Waals surface area (Å²) in [6, 6.07) is 29.7. The summed E-state index contributed by atoms with van der Waals surface area (Å²) in [5.74, 6) is 0.720. The van der Waals surface area contributed by atoms with Crippen LogP contribution >= 0.6 is 0 Å². The molecule has 4 aromatic rings. The van der Waals surface area contributed by atoms with Crippen LogP contribution < -0.4 is 4.74 Å². The van der Waals surface area contributed by atoms with Crippen LogP contribution in [0.4, 0.5) is 0 Å². The van der Waals surface area contributed by atoms with E-state index in [-0.39, 0.29) is 5.91 Å². The lowest BCUT2D eigenvalue weighted by Gasteiger charge is -2.22. The van der Waals surface area contributed by atoms with E-state index in [1.807, 2.05) is 83.8 Å². The van der Waals surface area contributed by atoms with E-state index in [2.05, 4.69) is 22.3 Å². The van der Waals surface area contributed by atoms with Crippen molar-refractivity contribution in [1.29, 1.82) is 0 Å². The van der Waals surface area contributed by atoms with Crippen molar-refractivity contribution < 1.29 is 9.53 Å². The van der Waals surface area contributed by atoms with Gasteiger partial charge in [-0.05, 0) is 47.9 Å². The molecule has 31 heavy (non-hydrogen) atoms. The highest BCUT2D eigenvalue weighted by Crippen LogP contribution is 2.22. The van der Waals surface area contributed by atoms with Gasteiger partial charge in [-0.2, -0.15) is 5.10 Å². The SMILES string of the molecule is COc1ccc(-c2cc(C(=O)N(CCc3ccccc3)Cc3ccccc3)[nH]n2)cc1. The molecule has 0 saturated heterocycles. The van der Waals surface area contributed by atoms with Gasteiger partial charge in [-0.1, -0.05) is 60.7 Å². The van der Waals surface area contributed by atoms with Crippen LogP contribution in [0.1, 0.15) is 21.6 Å². The molecule has 1 aromatic heterocycles. The van der Waals surface area contributed by atoms with Crippen molar-refractivity contribution in [2.45, 2.75) is 13.0 Å². The van der Waals surface area contributed by atoms with Crippen molar-refractivity contribution in [1.82, 2.24) is 15.1 Å². The molecule has 0 spiro atoms. The predicted octanol–water partition coefficient (Wildman–Crippen LogP) is 4.97. The van der Waals surface area contributed by atoms with Gasteiger partial charge in [0.2, 0.25) is 0 Å². The number of carbonyl (C=O) groups excluding carboxylic acids is 1.